The third-order valence-electron chi connectivity index (χ3n) is 3.41. The Morgan fingerprint density at radius 1 is 1.09 bits per heavy atom. The van der Waals surface area contributed by atoms with Gasteiger partial charge in [0, 0.05) is 19.2 Å². The molecule has 0 aliphatic rings. The van der Waals surface area contributed by atoms with Crippen molar-refractivity contribution in [2.75, 3.05) is 32.6 Å². The molecule has 0 spiro atoms. The molecule has 23 heavy (non-hydrogen) atoms. The summed E-state index contributed by atoms with van der Waals surface area (Å²) in [5.41, 5.74) is 0.414. The monoisotopic (exact) mass is 322 g/mol. The number of benzene rings is 1. The summed E-state index contributed by atoms with van der Waals surface area (Å²) in [5.74, 6) is -0.140. The lowest BCUT2D eigenvalue weighted by atomic mass is 10.2. The molecule has 6 nitrogen and oxygen atoms in total. The SMILES string of the molecule is CCCCN(CCC)C(=O)C(=O)Nc1cc(OC)ccc1OC. The third kappa shape index (κ3) is 5.47. The van der Waals surface area contributed by atoms with Crippen LogP contribution in [0.1, 0.15) is 33.1 Å². The fraction of sp³-hybridized carbons (Fsp3) is 0.529. The predicted molar refractivity (Wildman–Crippen MR) is 90.0 cm³/mol. The molecular weight excluding hydrogens is 296 g/mol. The lowest BCUT2D eigenvalue weighted by Crippen LogP contribution is -2.40. The summed E-state index contributed by atoms with van der Waals surface area (Å²) < 4.78 is 10.3. The summed E-state index contributed by atoms with van der Waals surface area (Å²) in [6.07, 6.45) is 2.66. The molecule has 0 aliphatic heterocycles. The van der Waals surface area contributed by atoms with Gasteiger partial charge in [-0.15, -0.1) is 0 Å². The van der Waals surface area contributed by atoms with Gasteiger partial charge in [-0.25, -0.2) is 0 Å². The second-order valence-electron chi connectivity index (χ2n) is 5.17. The highest BCUT2D eigenvalue weighted by molar-refractivity contribution is 6.39. The Kier molecular flexibility index (Phi) is 7.94. The minimum absolute atomic E-state index is 0.414. The number of unbranched alkanes of at least 4 members (excludes halogenated alkanes) is 1. The Hall–Kier alpha value is -2.24. The first-order valence-electron chi connectivity index (χ1n) is 7.89. The molecule has 0 saturated carbocycles. The number of carbonyl (C=O) groups excluding carboxylic acids is 2. The molecule has 1 aromatic carbocycles. The minimum atomic E-state index is -0.666. The summed E-state index contributed by atoms with van der Waals surface area (Å²) in [6.45, 7) is 5.19. The summed E-state index contributed by atoms with van der Waals surface area (Å²) in [5, 5.41) is 2.62. The minimum Gasteiger partial charge on any atom is -0.497 e. The van der Waals surface area contributed by atoms with Crippen molar-refractivity contribution in [1.29, 1.82) is 0 Å². The van der Waals surface area contributed by atoms with Crippen LogP contribution in [0.15, 0.2) is 18.2 Å². The quantitative estimate of drug-likeness (QED) is 0.747. The van der Waals surface area contributed by atoms with Crippen LogP contribution in [0.25, 0.3) is 0 Å². The zero-order chi connectivity index (χ0) is 17.2. The van der Waals surface area contributed by atoms with Crippen molar-refractivity contribution in [3.63, 3.8) is 0 Å². The average Bonchev–Trinajstić information content (AvgIpc) is 2.57. The van der Waals surface area contributed by atoms with Crippen LogP contribution in [-0.2, 0) is 9.59 Å². The first kappa shape index (κ1) is 18.8. The maximum Gasteiger partial charge on any atom is 0.314 e. The lowest BCUT2D eigenvalue weighted by Gasteiger charge is -2.21. The van der Waals surface area contributed by atoms with Crippen LogP contribution in [-0.4, -0.2) is 44.0 Å². The number of anilines is 1. The van der Waals surface area contributed by atoms with E-state index in [4.69, 9.17) is 9.47 Å². The number of nitrogens with one attached hydrogen (secondary N) is 1. The standard InChI is InChI=1S/C17H26N2O4/c1-5-7-11-19(10-6-2)17(21)16(20)18-14-12-13(22-3)8-9-15(14)23-4/h8-9,12H,5-7,10-11H2,1-4H3,(H,18,20). The van der Waals surface area contributed by atoms with Crippen molar-refractivity contribution in [3.8, 4) is 11.5 Å². The predicted octanol–water partition coefficient (Wildman–Crippen LogP) is 2.68. The van der Waals surface area contributed by atoms with Crippen molar-refractivity contribution in [2.24, 2.45) is 0 Å². The summed E-state index contributed by atoms with van der Waals surface area (Å²) >= 11 is 0. The zero-order valence-corrected chi connectivity index (χ0v) is 14.3. The molecule has 6 heteroatoms. The van der Waals surface area contributed by atoms with E-state index in [1.54, 1.807) is 23.1 Å². The number of amides is 2. The first-order chi connectivity index (χ1) is 11.1. The smallest absolute Gasteiger partial charge is 0.314 e. The van der Waals surface area contributed by atoms with Crippen molar-refractivity contribution < 1.29 is 19.1 Å². The van der Waals surface area contributed by atoms with E-state index in [1.165, 1.54) is 14.2 Å². The normalized spacial score (nSPS) is 10.1. The molecule has 0 saturated heterocycles. The summed E-state index contributed by atoms with van der Waals surface area (Å²) in [7, 11) is 3.04. The van der Waals surface area contributed by atoms with E-state index < -0.39 is 11.8 Å². The van der Waals surface area contributed by atoms with Crippen LogP contribution in [0.4, 0.5) is 5.69 Å². The van der Waals surface area contributed by atoms with Gasteiger partial charge in [0.05, 0.1) is 19.9 Å². The molecule has 0 aromatic heterocycles. The Labute approximate surface area is 137 Å². The summed E-state index contributed by atoms with van der Waals surface area (Å²) in [4.78, 5) is 26.2. The third-order valence-corrected chi connectivity index (χ3v) is 3.41. The molecule has 0 aliphatic carbocycles. The molecule has 0 radical (unpaired) electrons. The van der Waals surface area contributed by atoms with Crippen LogP contribution in [0.3, 0.4) is 0 Å². The maximum atomic E-state index is 12.3. The van der Waals surface area contributed by atoms with Gasteiger partial charge in [0.1, 0.15) is 11.5 Å². The highest BCUT2D eigenvalue weighted by atomic mass is 16.5. The number of rotatable bonds is 8. The Morgan fingerprint density at radius 2 is 1.83 bits per heavy atom. The molecule has 0 heterocycles. The molecule has 1 rings (SSSR count). The molecule has 0 unspecified atom stereocenters. The molecular formula is C17H26N2O4. The largest absolute Gasteiger partial charge is 0.497 e. The van der Waals surface area contributed by atoms with E-state index in [0.717, 1.165) is 19.3 Å². The Balaban J connectivity index is 2.86. The van der Waals surface area contributed by atoms with Crippen molar-refractivity contribution in [1.82, 2.24) is 4.90 Å². The van der Waals surface area contributed by atoms with Gasteiger partial charge in [-0.05, 0) is 25.0 Å². The average molecular weight is 322 g/mol. The van der Waals surface area contributed by atoms with Crippen LogP contribution >= 0.6 is 0 Å². The molecule has 0 fully saturated rings. The number of hydrogen-bond acceptors (Lipinski definition) is 4. The van der Waals surface area contributed by atoms with E-state index in [1.807, 2.05) is 6.92 Å². The van der Waals surface area contributed by atoms with Gasteiger partial charge < -0.3 is 19.7 Å². The summed E-state index contributed by atoms with van der Waals surface area (Å²) in [6, 6.07) is 5.03. The van der Waals surface area contributed by atoms with E-state index >= 15 is 0 Å². The Morgan fingerprint density at radius 3 is 2.39 bits per heavy atom. The van der Waals surface area contributed by atoms with Crippen LogP contribution in [0.5, 0.6) is 11.5 Å². The van der Waals surface area contributed by atoms with Gasteiger partial charge in [-0.1, -0.05) is 20.3 Å². The lowest BCUT2D eigenvalue weighted by molar-refractivity contribution is -0.143. The van der Waals surface area contributed by atoms with E-state index in [9.17, 15) is 9.59 Å². The van der Waals surface area contributed by atoms with Crippen molar-refractivity contribution >= 4 is 17.5 Å². The topological polar surface area (TPSA) is 67.9 Å². The molecule has 0 atom stereocenters. The van der Waals surface area contributed by atoms with Crippen molar-refractivity contribution in [2.45, 2.75) is 33.1 Å². The van der Waals surface area contributed by atoms with E-state index in [2.05, 4.69) is 12.2 Å². The number of methoxy groups -OCH3 is 2. The van der Waals surface area contributed by atoms with Gasteiger partial charge in [-0.3, -0.25) is 9.59 Å². The molecule has 0 bridgehead atoms. The number of nitrogens with zero attached hydrogens (tertiary/aromatic N) is 1. The second-order valence-corrected chi connectivity index (χ2v) is 5.17. The van der Waals surface area contributed by atoms with Crippen molar-refractivity contribution in [3.05, 3.63) is 18.2 Å². The highest BCUT2D eigenvalue weighted by Crippen LogP contribution is 2.28. The van der Waals surface area contributed by atoms with E-state index in [0.29, 0.717) is 30.3 Å². The van der Waals surface area contributed by atoms with Gasteiger partial charge in [0.15, 0.2) is 0 Å². The van der Waals surface area contributed by atoms with Gasteiger partial charge in [0.2, 0.25) is 0 Å². The molecule has 2 amide bonds. The molecule has 128 valence electrons. The van der Waals surface area contributed by atoms with Crippen LogP contribution < -0.4 is 14.8 Å². The van der Waals surface area contributed by atoms with Gasteiger partial charge in [0.25, 0.3) is 0 Å². The van der Waals surface area contributed by atoms with Gasteiger partial charge >= 0.3 is 11.8 Å². The highest BCUT2D eigenvalue weighted by Gasteiger charge is 2.22. The molecule has 1 aromatic rings. The number of ether oxygens (including phenoxy) is 2. The fourth-order valence-electron chi connectivity index (χ4n) is 2.16. The Bertz CT molecular complexity index is 531. The van der Waals surface area contributed by atoms with Gasteiger partial charge in [-0.2, -0.15) is 0 Å². The number of hydrogen-bond donors (Lipinski definition) is 1. The fourth-order valence-corrected chi connectivity index (χ4v) is 2.16. The zero-order valence-electron chi connectivity index (χ0n) is 14.3. The van der Waals surface area contributed by atoms with Crippen LogP contribution in [0.2, 0.25) is 0 Å². The maximum absolute atomic E-state index is 12.3. The van der Waals surface area contributed by atoms with Crippen LogP contribution in [0, 0.1) is 0 Å². The second kappa shape index (κ2) is 9.71. The van der Waals surface area contributed by atoms with E-state index in [-0.39, 0.29) is 0 Å². The first-order valence-corrected chi connectivity index (χ1v) is 7.89. The molecule has 1 N–H and O–H groups in total. The number of carbonyl (C=O) groups is 2.